The van der Waals surface area contributed by atoms with Gasteiger partial charge >= 0.3 is 6.09 Å². The third-order valence-corrected chi connectivity index (χ3v) is 8.71. The smallest absolute Gasteiger partial charge is 0.405 e. The summed E-state index contributed by atoms with van der Waals surface area (Å²) in [4.78, 5) is 52.6. The van der Waals surface area contributed by atoms with Crippen LogP contribution in [0.15, 0.2) is 76.7 Å². The summed E-state index contributed by atoms with van der Waals surface area (Å²) in [5, 5.41) is 17.1. The molecular formula is C37H49N3O10. The Morgan fingerprint density at radius 1 is 1.04 bits per heavy atom. The SMILES string of the molecule is COc1ccc(CNC2=C3C[C@@H](C)C[C@H](OC)[C@H](O)[C@@H](C)/C=C(\C)[C@H](OC(N)=O)[C@@H](OC)/C=C\C=C(/C)C(=O)NC(=CC2=O)C3=O)cc1OC. The van der Waals surface area contributed by atoms with Crippen molar-refractivity contribution in [3.63, 3.8) is 0 Å². The first kappa shape index (κ1) is 39.7. The number of hydrogen-bond donors (Lipinski definition) is 4. The zero-order chi connectivity index (χ0) is 37.1. The largest absolute Gasteiger partial charge is 0.493 e. The second-order valence-corrected chi connectivity index (χ2v) is 12.5. The van der Waals surface area contributed by atoms with Crippen molar-refractivity contribution in [2.45, 2.75) is 71.5 Å². The Hall–Kier alpha value is -4.72. The van der Waals surface area contributed by atoms with E-state index in [1.54, 1.807) is 51.1 Å². The van der Waals surface area contributed by atoms with Gasteiger partial charge in [-0.3, -0.25) is 14.4 Å². The van der Waals surface area contributed by atoms with Crippen molar-refractivity contribution in [3.05, 3.63) is 82.3 Å². The molecule has 50 heavy (non-hydrogen) atoms. The number of benzene rings is 1. The number of allylic oxidation sites excluding steroid dienone is 4. The van der Waals surface area contributed by atoms with Crippen LogP contribution in [0.4, 0.5) is 4.79 Å². The maximum atomic E-state index is 14.0. The lowest BCUT2D eigenvalue weighted by molar-refractivity contribution is -0.120. The third-order valence-electron chi connectivity index (χ3n) is 8.71. The zero-order valence-corrected chi connectivity index (χ0v) is 29.9. The Morgan fingerprint density at radius 3 is 2.36 bits per heavy atom. The summed E-state index contributed by atoms with van der Waals surface area (Å²) in [6, 6.07) is 5.33. The van der Waals surface area contributed by atoms with Crippen molar-refractivity contribution < 1.29 is 48.0 Å². The fourth-order valence-electron chi connectivity index (χ4n) is 5.96. The maximum absolute atomic E-state index is 14.0. The summed E-state index contributed by atoms with van der Waals surface area (Å²) in [7, 11) is 5.97. The molecule has 2 aliphatic rings. The Balaban J connectivity index is 2.06. The van der Waals surface area contributed by atoms with E-state index in [1.165, 1.54) is 34.5 Å². The first-order chi connectivity index (χ1) is 23.7. The van der Waals surface area contributed by atoms with E-state index in [0.29, 0.717) is 23.5 Å². The highest BCUT2D eigenvalue weighted by molar-refractivity contribution is 6.23. The monoisotopic (exact) mass is 695 g/mol. The number of fused-ring (bicyclic) bond motifs is 2. The summed E-state index contributed by atoms with van der Waals surface area (Å²) in [6.45, 7) is 7.16. The molecule has 0 fully saturated rings. The lowest BCUT2D eigenvalue weighted by atomic mass is 9.85. The molecule has 0 saturated carbocycles. The van der Waals surface area contributed by atoms with E-state index >= 15 is 0 Å². The Labute approximate surface area is 293 Å². The van der Waals surface area contributed by atoms with Gasteiger partial charge in [-0.15, -0.1) is 0 Å². The number of amides is 2. The van der Waals surface area contributed by atoms with E-state index in [-0.39, 0.29) is 41.4 Å². The van der Waals surface area contributed by atoms with Crippen LogP contribution < -0.4 is 25.8 Å². The van der Waals surface area contributed by atoms with Crippen LogP contribution >= 0.6 is 0 Å². The molecule has 1 aromatic carbocycles. The molecule has 0 saturated heterocycles. The van der Waals surface area contributed by atoms with Gasteiger partial charge in [0.25, 0.3) is 5.91 Å². The number of Topliss-reactive ketones (excluding diaryl/α,β-unsaturated/α-hetero) is 1. The van der Waals surface area contributed by atoms with E-state index in [9.17, 15) is 24.3 Å². The minimum Gasteiger partial charge on any atom is -0.493 e. The van der Waals surface area contributed by atoms with Crippen molar-refractivity contribution in [2.75, 3.05) is 28.4 Å². The van der Waals surface area contributed by atoms with Gasteiger partial charge in [-0.25, -0.2) is 4.79 Å². The van der Waals surface area contributed by atoms with Crippen LogP contribution in [0.5, 0.6) is 11.5 Å². The van der Waals surface area contributed by atoms with Crippen LogP contribution in [0.2, 0.25) is 0 Å². The molecule has 1 aliphatic heterocycles. The van der Waals surface area contributed by atoms with Crippen molar-refractivity contribution in [1.29, 1.82) is 0 Å². The number of nitrogens with one attached hydrogen (secondary N) is 2. The van der Waals surface area contributed by atoms with E-state index in [0.717, 1.165) is 11.6 Å². The lowest BCUT2D eigenvalue weighted by Gasteiger charge is -2.30. The highest BCUT2D eigenvalue weighted by atomic mass is 16.6. The van der Waals surface area contributed by atoms with Gasteiger partial charge in [-0.05, 0) is 55.9 Å². The molecule has 13 heteroatoms. The average molecular weight is 696 g/mol. The average Bonchev–Trinajstić information content (AvgIpc) is 3.08. The fraction of sp³-hybridized carbons (Fsp3) is 0.459. The molecular weight excluding hydrogens is 646 g/mol. The number of aliphatic hydroxyl groups excluding tert-OH is 1. The molecule has 6 atom stereocenters. The van der Waals surface area contributed by atoms with Gasteiger partial charge in [-0.2, -0.15) is 0 Å². The number of carbonyl (C=O) groups excluding carboxylic acids is 4. The number of methoxy groups -OCH3 is 4. The molecule has 2 amide bonds. The highest BCUT2D eigenvalue weighted by Gasteiger charge is 2.33. The molecule has 2 bridgehead atoms. The molecule has 272 valence electrons. The quantitative estimate of drug-likeness (QED) is 0.230. The van der Waals surface area contributed by atoms with E-state index in [4.69, 9.17) is 29.4 Å². The summed E-state index contributed by atoms with van der Waals surface area (Å²) in [6.07, 6.45) is 3.56. The number of carbonyl (C=O) groups is 4. The Kier molecular flexibility index (Phi) is 14.6. The predicted molar refractivity (Wildman–Crippen MR) is 186 cm³/mol. The molecule has 1 aliphatic carbocycles. The second kappa shape index (κ2) is 18.3. The Morgan fingerprint density at radius 2 is 1.74 bits per heavy atom. The number of nitrogens with two attached hydrogens (primary N) is 1. The standard InChI is InChI=1S/C37H49N3O10/c1-20-14-25-32(39-19-24-12-13-28(46-5)30(17-24)48-7)27(41)18-26(34(25)43)40-36(44)21(2)10-9-11-29(47-6)35(50-37(38)45)23(4)16-22(3)33(42)31(15-20)49-8/h9-13,16-18,20,22,29,31,33,35,39,42H,14-15,19H2,1-8H3,(H2,38,45)(H,40,44)/b11-9-,21-10+,23-16+/t20-,22+,29+,31+,33-,35+/m1/s1. The topological polar surface area (TPSA) is 185 Å². The van der Waals surface area contributed by atoms with Crippen LogP contribution in [-0.4, -0.2) is 81.5 Å². The molecule has 13 nitrogen and oxygen atoms in total. The van der Waals surface area contributed by atoms with Gasteiger partial charge in [0.15, 0.2) is 17.6 Å². The van der Waals surface area contributed by atoms with Crippen LogP contribution in [0.25, 0.3) is 0 Å². The number of hydrogen-bond acceptors (Lipinski definition) is 11. The van der Waals surface area contributed by atoms with Gasteiger partial charge in [0.1, 0.15) is 6.10 Å². The first-order valence-corrected chi connectivity index (χ1v) is 16.3. The van der Waals surface area contributed by atoms with Crippen LogP contribution in [0.3, 0.4) is 0 Å². The van der Waals surface area contributed by atoms with Gasteiger partial charge in [0.2, 0.25) is 11.6 Å². The molecule has 0 spiro atoms. The van der Waals surface area contributed by atoms with Crippen LogP contribution in [0.1, 0.15) is 46.1 Å². The molecule has 0 radical (unpaired) electrons. The number of ketones is 2. The fourth-order valence-corrected chi connectivity index (χ4v) is 5.96. The summed E-state index contributed by atoms with van der Waals surface area (Å²) in [5.74, 6) is -1.25. The van der Waals surface area contributed by atoms with E-state index in [1.807, 2.05) is 13.0 Å². The zero-order valence-electron chi connectivity index (χ0n) is 29.9. The van der Waals surface area contributed by atoms with E-state index < -0.39 is 53.9 Å². The minimum absolute atomic E-state index is 0.114. The number of primary amides is 1. The number of rotatable bonds is 8. The number of aliphatic hydroxyl groups is 1. The minimum atomic E-state index is -1.01. The van der Waals surface area contributed by atoms with E-state index in [2.05, 4.69) is 10.6 Å². The summed E-state index contributed by atoms with van der Waals surface area (Å²) < 4.78 is 27.4. The molecule has 1 aromatic rings. The molecule has 5 N–H and O–H groups in total. The van der Waals surface area contributed by atoms with Gasteiger partial charge in [0.05, 0.1) is 37.8 Å². The third kappa shape index (κ3) is 10.2. The molecule has 0 aromatic heterocycles. The highest BCUT2D eigenvalue weighted by Crippen LogP contribution is 2.30. The van der Waals surface area contributed by atoms with Gasteiger partial charge in [-0.1, -0.05) is 44.2 Å². The van der Waals surface area contributed by atoms with Gasteiger partial charge < -0.3 is 45.2 Å². The van der Waals surface area contributed by atoms with Crippen LogP contribution in [0, 0.1) is 11.8 Å². The van der Waals surface area contributed by atoms with Crippen molar-refractivity contribution in [3.8, 4) is 11.5 Å². The normalized spacial score (nSPS) is 28.3. The number of ether oxygens (including phenoxy) is 5. The molecule has 1 heterocycles. The van der Waals surface area contributed by atoms with Crippen molar-refractivity contribution >= 4 is 23.6 Å². The second-order valence-electron chi connectivity index (χ2n) is 12.5. The summed E-state index contributed by atoms with van der Waals surface area (Å²) >= 11 is 0. The first-order valence-electron chi connectivity index (χ1n) is 16.3. The van der Waals surface area contributed by atoms with Gasteiger partial charge in [0, 0.05) is 43.9 Å². The van der Waals surface area contributed by atoms with Crippen molar-refractivity contribution in [1.82, 2.24) is 10.6 Å². The lowest BCUT2D eigenvalue weighted by Crippen LogP contribution is -2.37. The predicted octanol–water partition coefficient (Wildman–Crippen LogP) is 3.57. The summed E-state index contributed by atoms with van der Waals surface area (Å²) in [5.41, 5.74) is 7.11. The maximum Gasteiger partial charge on any atom is 0.405 e. The molecule has 3 rings (SSSR count). The Bertz CT molecular complexity index is 1590. The van der Waals surface area contributed by atoms with Crippen molar-refractivity contribution in [2.24, 2.45) is 17.6 Å². The van der Waals surface area contributed by atoms with Crippen LogP contribution in [-0.2, 0) is 35.1 Å². The molecule has 0 unspecified atom stereocenters.